The van der Waals surface area contributed by atoms with Crippen molar-refractivity contribution >= 4 is 11.5 Å². The van der Waals surface area contributed by atoms with Crippen LogP contribution in [0.15, 0.2) is 12.3 Å². The molecule has 6 heteroatoms. The van der Waals surface area contributed by atoms with Crippen LogP contribution in [0.4, 0.5) is 11.5 Å². The Balaban J connectivity index is 2.05. The normalized spacial score (nSPS) is 23.7. The number of hydrogen-bond donors (Lipinski definition) is 2. The van der Waals surface area contributed by atoms with Crippen LogP contribution in [0.5, 0.6) is 0 Å². The highest BCUT2D eigenvalue weighted by molar-refractivity contribution is 5.49. The van der Waals surface area contributed by atoms with E-state index in [-0.39, 0.29) is 17.8 Å². The Morgan fingerprint density at radius 3 is 2.72 bits per heavy atom. The van der Waals surface area contributed by atoms with Gasteiger partial charge in [0, 0.05) is 17.8 Å². The van der Waals surface area contributed by atoms with Crippen molar-refractivity contribution in [1.82, 2.24) is 4.98 Å². The highest BCUT2D eigenvalue weighted by Crippen LogP contribution is 2.24. The molecule has 1 aromatic rings. The molecular formula is C12H17N3O3. The second kappa shape index (κ2) is 5.30. The van der Waals surface area contributed by atoms with E-state index in [0.29, 0.717) is 11.4 Å². The molecule has 0 amide bonds. The number of nitrogens with one attached hydrogen (secondary N) is 1. The predicted molar refractivity (Wildman–Crippen MR) is 67.5 cm³/mol. The Bertz CT molecular complexity index is 442. The molecule has 1 saturated carbocycles. The Labute approximate surface area is 105 Å². The van der Waals surface area contributed by atoms with Gasteiger partial charge in [0.05, 0.1) is 17.1 Å². The third-order valence-electron chi connectivity index (χ3n) is 3.32. The maximum Gasteiger partial charge on any atom is 0.277 e. The summed E-state index contributed by atoms with van der Waals surface area (Å²) in [5.41, 5.74) is 0.646. The molecule has 2 N–H and O–H groups in total. The molecule has 0 spiro atoms. The number of aliphatic hydroxyl groups excluding tert-OH is 1. The van der Waals surface area contributed by atoms with Crippen LogP contribution in [-0.4, -0.2) is 27.2 Å². The van der Waals surface area contributed by atoms with Crippen LogP contribution in [0, 0.1) is 17.0 Å². The zero-order chi connectivity index (χ0) is 13.1. The number of nitrogens with zero attached hydrogens (tertiary/aromatic N) is 2. The smallest absolute Gasteiger partial charge is 0.277 e. The van der Waals surface area contributed by atoms with E-state index in [1.54, 1.807) is 6.92 Å². The van der Waals surface area contributed by atoms with Crippen LogP contribution in [0.3, 0.4) is 0 Å². The van der Waals surface area contributed by atoms with Crippen LogP contribution in [0.1, 0.15) is 31.2 Å². The number of aryl methyl sites for hydroxylation is 1. The number of nitro groups is 1. The maximum absolute atomic E-state index is 10.8. The Hall–Kier alpha value is -1.69. The Morgan fingerprint density at radius 2 is 2.11 bits per heavy atom. The van der Waals surface area contributed by atoms with E-state index < -0.39 is 4.92 Å². The van der Waals surface area contributed by atoms with Crippen LogP contribution in [0.2, 0.25) is 0 Å². The van der Waals surface area contributed by atoms with Crippen molar-refractivity contribution in [2.75, 3.05) is 5.32 Å². The Kier molecular flexibility index (Phi) is 3.76. The molecule has 18 heavy (non-hydrogen) atoms. The minimum atomic E-state index is -0.396. The number of aliphatic hydroxyl groups is 1. The maximum atomic E-state index is 10.8. The van der Waals surface area contributed by atoms with E-state index in [9.17, 15) is 15.2 Å². The van der Waals surface area contributed by atoms with Crippen molar-refractivity contribution < 1.29 is 10.0 Å². The van der Waals surface area contributed by atoms with E-state index in [1.807, 2.05) is 0 Å². The molecule has 1 aliphatic rings. The molecule has 1 aliphatic carbocycles. The molecule has 0 unspecified atom stereocenters. The third kappa shape index (κ3) is 2.95. The van der Waals surface area contributed by atoms with E-state index in [0.717, 1.165) is 25.7 Å². The summed E-state index contributed by atoms with van der Waals surface area (Å²) in [6.07, 6.45) is 4.58. The minimum absolute atomic E-state index is 0.0864. The predicted octanol–water partition coefficient (Wildman–Crippen LogP) is 2.01. The van der Waals surface area contributed by atoms with E-state index >= 15 is 0 Å². The number of aromatic nitrogens is 1. The highest BCUT2D eigenvalue weighted by atomic mass is 16.6. The number of pyridine rings is 1. The van der Waals surface area contributed by atoms with Gasteiger partial charge in [-0.25, -0.2) is 4.98 Å². The fourth-order valence-electron chi connectivity index (χ4n) is 2.22. The van der Waals surface area contributed by atoms with Gasteiger partial charge in [0.1, 0.15) is 5.82 Å². The van der Waals surface area contributed by atoms with Gasteiger partial charge >= 0.3 is 0 Å². The molecule has 1 heterocycles. The first-order chi connectivity index (χ1) is 8.56. The number of rotatable bonds is 3. The first-order valence-electron chi connectivity index (χ1n) is 6.12. The van der Waals surface area contributed by atoms with Gasteiger partial charge in [-0.3, -0.25) is 10.1 Å². The van der Waals surface area contributed by atoms with Gasteiger partial charge in [0.2, 0.25) is 0 Å². The van der Waals surface area contributed by atoms with E-state index in [4.69, 9.17) is 0 Å². The zero-order valence-electron chi connectivity index (χ0n) is 10.3. The summed E-state index contributed by atoms with van der Waals surface area (Å²) in [7, 11) is 0. The molecule has 2 rings (SSSR count). The van der Waals surface area contributed by atoms with Crippen molar-refractivity contribution in [1.29, 1.82) is 0 Å². The molecule has 6 nitrogen and oxygen atoms in total. The fraction of sp³-hybridized carbons (Fsp3) is 0.583. The van der Waals surface area contributed by atoms with Gasteiger partial charge in [-0.1, -0.05) is 0 Å². The second-order valence-electron chi connectivity index (χ2n) is 4.76. The summed E-state index contributed by atoms with van der Waals surface area (Å²) in [6, 6.07) is 1.71. The van der Waals surface area contributed by atoms with Crippen molar-refractivity contribution in [2.45, 2.75) is 44.8 Å². The molecular weight excluding hydrogens is 234 g/mol. The molecule has 0 aromatic carbocycles. The molecule has 0 radical (unpaired) electrons. The second-order valence-corrected chi connectivity index (χ2v) is 4.76. The van der Waals surface area contributed by atoms with Gasteiger partial charge in [0.15, 0.2) is 0 Å². The highest BCUT2D eigenvalue weighted by Gasteiger charge is 2.20. The van der Waals surface area contributed by atoms with Crippen LogP contribution >= 0.6 is 0 Å². The first-order valence-corrected chi connectivity index (χ1v) is 6.12. The molecule has 0 bridgehead atoms. The van der Waals surface area contributed by atoms with Gasteiger partial charge in [-0.15, -0.1) is 0 Å². The quantitative estimate of drug-likeness (QED) is 0.633. The zero-order valence-corrected chi connectivity index (χ0v) is 10.3. The lowest BCUT2D eigenvalue weighted by atomic mass is 9.93. The van der Waals surface area contributed by atoms with E-state index in [1.165, 1.54) is 12.3 Å². The summed E-state index contributed by atoms with van der Waals surface area (Å²) >= 11 is 0. The molecule has 1 aromatic heterocycles. The topological polar surface area (TPSA) is 88.3 Å². The summed E-state index contributed by atoms with van der Waals surface area (Å²) in [4.78, 5) is 14.6. The lowest BCUT2D eigenvalue weighted by Gasteiger charge is -2.26. The number of anilines is 1. The average molecular weight is 251 g/mol. The van der Waals surface area contributed by atoms with Crippen molar-refractivity contribution in [3.8, 4) is 0 Å². The minimum Gasteiger partial charge on any atom is -0.393 e. The molecule has 0 aliphatic heterocycles. The van der Waals surface area contributed by atoms with Gasteiger partial charge in [-0.2, -0.15) is 0 Å². The largest absolute Gasteiger partial charge is 0.393 e. The summed E-state index contributed by atoms with van der Waals surface area (Å²) in [6.45, 7) is 1.67. The van der Waals surface area contributed by atoms with Crippen molar-refractivity contribution in [3.05, 3.63) is 27.9 Å². The van der Waals surface area contributed by atoms with Crippen LogP contribution < -0.4 is 5.32 Å². The fourth-order valence-corrected chi connectivity index (χ4v) is 2.22. The lowest BCUT2D eigenvalue weighted by Crippen LogP contribution is -2.28. The average Bonchev–Trinajstić information content (AvgIpc) is 2.34. The summed E-state index contributed by atoms with van der Waals surface area (Å²) in [5, 5.41) is 23.4. The third-order valence-corrected chi connectivity index (χ3v) is 3.32. The van der Waals surface area contributed by atoms with Crippen molar-refractivity contribution in [3.63, 3.8) is 0 Å². The van der Waals surface area contributed by atoms with Gasteiger partial charge < -0.3 is 10.4 Å². The molecule has 0 atom stereocenters. The van der Waals surface area contributed by atoms with Crippen LogP contribution in [0.25, 0.3) is 0 Å². The van der Waals surface area contributed by atoms with Gasteiger partial charge in [0.25, 0.3) is 5.69 Å². The molecule has 1 fully saturated rings. The Morgan fingerprint density at radius 1 is 1.44 bits per heavy atom. The standard InChI is InChI=1S/C12H17N3O3/c1-8-7-13-12(6-11(8)15(17)18)14-9-2-4-10(16)5-3-9/h6-7,9-10,16H,2-5H2,1H3,(H,13,14). The van der Waals surface area contributed by atoms with Crippen molar-refractivity contribution in [2.24, 2.45) is 0 Å². The summed E-state index contributed by atoms with van der Waals surface area (Å²) < 4.78 is 0. The summed E-state index contributed by atoms with van der Waals surface area (Å²) in [5.74, 6) is 0.536. The van der Waals surface area contributed by atoms with Crippen LogP contribution in [-0.2, 0) is 0 Å². The first kappa shape index (κ1) is 12.8. The molecule has 98 valence electrons. The molecule has 0 saturated heterocycles. The number of hydrogen-bond acceptors (Lipinski definition) is 5. The van der Waals surface area contributed by atoms with E-state index in [2.05, 4.69) is 10.3 Å². The monoisotopic (exact) mass is 251 g/mol. The SMILES string of the molecule is Cc1cnc(NC2CCC(O)CC2)cc1[N+](=O)[O-]. The lowest BCUT2D eigenvalue weighted by molar-refractivity contribution is -0.385. The van der Waals surface area contributed by atoms with Gasteiger partial charge in [-0.05, 0) is 32.6 Å².